The normalized spacial score (nSPS) is 10.4. The van der Waals surface area contributed by atoms with Crippen LogP contribution in [0, 0.1) is 6.92 Å². The van der Waals surface area contributed by atoms with Crippen LogP contribution in [0.5, 0.6) is 0 Å². The predicted octanol–water partition coefficient (Wildman–Crippen LogP) is 4.06. The molecule has 0 saturated heterocycles. The number of aromatic nitrogens is 1. The lowest BCUT2D eigenvalue weighted by Crippen LogP contribution is -2.32. The monoisotopic (exact) mass is 399 g/mol. The molecule has 0 radical (unpaired) electrons. The third-order valence-electron chi connectivity index (χ3n) is 3.85. The number of nitrogens with zero attached hydrogens (tertiary/aromatic N) is 1. The zero-order valence-corrected chi connectivity index (χ0v) is 16.2. The first-order valence-electron chi connectivity index (χ1n) is 8.34. The van der Waals surface area contributed by atoms with Crippen molar-refractivity contribution in [2.45, 2.75) is 13.3 Å². The number of aryl methyl sites for hydroxylation is 1. The summed E-state index contributed by atoms with van der Waals surface area (Å²) in [7, 11) is 0. The average Bonchev–Trinajstić information content (AvgIpc) is 3.09. The Labute approximate surface area is 166 Å². The second-order valence-corrected chi connectivity index (χ2v) is 7.52. The first kappa shape index (κ1) is 19.1. The van der Waals surface area contributed by atoms with E-state index in [1.54, 1.807) is 18.3 Å². The number of carbonyl (C=O) groups is 2. The Morgan fingerprint density at radius 1 is 1.11 bits per heavy atom. The van der Waals surface area contributed by atoms with E-state index in [1.165, 1.54) is 11.3 Å². The molecule has 138 valence electrons. The van der Waals surface area contributed by atoms with Crippen molar-refractivity contribution >= 4 is 39.9 Å². The summed E-state index contributed by atoms with van der Waals surface area (Å²) >= 11 is 7.55. The number of thiazole rings is 1. The Hall–Kier alpha value is -2.70. The summed E-state index contributed by atoms with van der Waals surface area (Å²) in [5.74, 6) is -0.613. The Morgan fingerprint density at radius 2 is 1.85 bits per heavy atom. The largest absolute Gasteiger partial charge is 0.343 e. The van der Waals surface area contributed by atoms with Crippen LogP contribution in [0.4, 0.5) is 5.13 Å². The summed E-state index contributed by atoms with van der Waals surface area (Å²) in [4.78, 5) is 29.3. The molecular formula is C20H18ClN3O2S. The number of benzene rings is 2. The van der Waals surface area contributed by atoms with Gasteiger partial charge in [0.05, 0.1) is 6.54 Å². The molecule has 3 rings (SSSR count). The van der Waals surface area contributed by atoms with Gasteiger partial charge in [-0.15, -0.1) is 11.3 Å². The number of halogens is 1. The smallest absolute Gasteiger partial charge is 0.251 e. The number of amides is 2. The van der Waals surface area contributed by atoms with Crippen LogP contribution in [0.25, 0.3) is 0 Å². The van der Waals surface area contributed by atoms with Crippen molar-refractivity contribution in [3.63, 3.8) is 0 Å². The lowest BCUT2D eigenvalue weighted by Gasteiger charge is -2.05. The van der Waals surface area contributed by atoms with Crippen molar-refractivity contribution in [2.24, 2.45) is 0 Å². The van der Waals surface area contributed by atoms with Gasteiger partial charge >= 0.3 is 0 Å². The number of hydrogen-bond acceptors (Lipinski definition) is 4. The molecule has 0 bridgehead atoms. The van der Waals surface area contributed by atoms with Crippen molar-refractivity contribution in [3.8, 4) is 0 Å². The fourth-order valence-electron chi connectivity index (χ4n) is 2.41. The van der Waals surface area contributed by atoms with Crippen LogP contribution in [0.3, 0.4) is 0 Å². The van der Waals surface area contributed by atoms with E-state index in [2.05, 4.69) is 15.6 Å². The van der Waals surface area contributed by atoms with E-state index in [9.17, 15) is 9.59 Å². The van der Waals surface area contributed by atoms with Crippen molar-refractivity contribution in [1.82, 2.24) is 10.3 Å². The first-order chi connectivity index (χ1) is 13.0. The van der Waals surface area contributed by atoms with E-state index in [1.807, 2.05) is 43.3 Å². The molecule has 1 aromatic heterocycles. The van der Waals surface area contributed by atoms with E-state index in [0.29, 0.717) is 22.1 Å². The fraction of sp³-hybridized carbons (Fsp3) is 0.150. The van der Waals surface area contributed by atoms with Crippen molar-refractivity contribution in [3.05, 3.63) is 81.3 Å². The standard InChI is InChI=1S/C20H18ClN3O2S/c1-13-6-8-14(9-7-13)19(26)22-12-18(25)24-20-23-11-16(27-20)10-15-4-2-3-5-17(15)21/h2-9,11H,10,12H2,1H3,(H,22,26)(H,23,24,25). The predicted molar refractivity (Wildman–Crippen MR) is 109 cm³/mol. The average molecular weight is 400 g/mol. The SMILES string of the molecule is Cc1ccc(C(=O)NCC(=O)Nc2ncc(Cc3ccccc3Cl)s2)cc1. The van der Waals surface area contributed by atoms with Gasteiger partial charge in [-0.3, -0.25) is 9.59 Å². The summed E-state index contributed by atoms with van der Waals surface area (Å²) in [5.41, 5.74) is 2.59. The van der Waals surface area contributed by atoms with Gasteiger partial charge in [-0.05, 0) is 30.7 Å². The summed E-state index contributed by atoms with van der Waals surface area (Å²) < 4.78 is 0. The van der Waals surface area contributed by atoms with Crippen LogP contribution < -0.4 is 10.6 Å². The third kappa shape index (κ3) is 5.39. The summed E-state index contributed by atoms with van der Waals surface area (Å²) in [6.07, 6.45) is 2.37. The van der Waals surface area contributed by atoms with Crippen LogP contribution in [-0.4, -0.2) is 23.3 Å². The van der Waals surface area contributed by atoms with Crippen molar-refractivity contribution in [1.29, 1.82) is 0 Å². The summed E-state index contributed by atoms with van der Waals surface area (Å²) in [6.45, 7) is 1.83. The van der Waals surface area contributed by atoms with Crippen molar-refractivity contribution < 1.29 is 9.59 Å². The second-order valence-electron chi connectivity index (χ2n) is 6.00. The lowest BCUT2D eigenvalue weighted by molar-refractivity contribution is -0.115. The van der Waals surface area contributed by atoms with E-state index < -0.39 is 0 Å². The quantitative estimate of drug-likeness (QED) is 0.656. The highest BCUT2D eigenvalue weighted by molar-refractivity contribution is 7.15. The van der Waals surface area contributed by atoms with Crippen LogP contribution in [0.15, 0.2) is 54.7 Å². The maximum absolute atomic E-state index is 12.0. The number of rotatable bonds is 6. The maximum Gasteiger partial charge on any atom is 0.251 e. The zero-order valence-electron chi connectivity index (χ0n) is 14.7. The van der Waals surface area contributed by atoms with E-state index in [-0.39, 0.29) is 18.4 Å². The van der Waals surface area contributed by atoms with Crippen LogP contribution in [0.2, 0.25) is 5.02 Å². The molecule has 1 heterocycles. The molecule has 0 fully saturated rings. The lowest BCUT2D eigenvalue weighted by atomic mass is 10.1. The molecule has 2 aromatic carbocycles. The minimum absolute atomic E-state index is 0.119. The van der Waals surface area contributed by atoms with Gasteiger partial charge in [-0.25, -0.2) is 4.98 Å². The molecule has 27 heavy (non-hydrogen) atoms. The number of nitrogens with one attached hydrogen (secondary N) is 2. The van der Waals surface area contributed by atoms with Gasteiger partial charge in [0.25, 0.3) is 5.91 Å². The van der Waals surface area contributed by atoms with E-state index >= 15 is 0 Å². The molecule has 0 aliphatic heterocycles. The topological polar surface area (TPSA) is 71.1 Å². The van der Waals surface area contributed by atoms with Gasteiger partial charge in [0.15, 0.2) is 5.13 Å². The summed E-state index contributed by atoms with van der Waals surface area (Å²) in [6, 6.07) is 14.8. The molecule has 5 nitrogen and oxygen atoms in total. The molecule has 0 unspecified atom stereocenters. The van der Waals surface area contributed by atoms with E-state index in [0.717, 1.165) is 16.0 Å². The van der Waals surface area contributed by atoms with Gasteiger partial charge in [-0.2, -0.15) is 0 Å². The molecule has 2 N–H and O–H groups in total. The Bertz CT molecular complexity index is 954. The minimum atomic E-state index is -0.325. The van der Waals surface area contributed by atoms with Crippen LogP contribution >= 0.6 is 22.9 Å². The Kier molecular flexibility index (Phi) is 6.21. The highest BCUT2D eigenvalue weighted by Crippen LogP contribution is 2.24. The molecule has 0 aliphatic carbocycles. The maximum atomic E-state index is 12.0. The molecule has 0 saturated carbocycles. The van der Waals surface area contributed by atoms with Gasteiger partial charge in [0.1, 0.15) is 0 Å². The number of hydrogen-bond donors (Lipinski definition) is 2. The van der Waals surface area contributed by atoms with Gasteiger partial charge in [0, 0.05) is 28.1 Å². The Balaban J connectivity index is 1.51. The Morgan fingerprint density at radius 3 is 2.59 bits per heavy atom. The molecule has 0 spiro atoms. The molecule has 7 heteroatoms. The number of anilines is 1. The third-order valence-corrected chi connectivity index (χ3v) is 5.13. The zero-order chi connectivity index (χ0) is 19.2. The molecule has 3 aromatic rings. The van der Waals surface area contributed by atoms with E-state index in [4.69, 9.17) is 11.6 Å². The van der Waals surface area contributed by atoms with Gasteiger partial charge < -0.3 is 10.6 Å². The highest BCUT2D eigenvalue weighted by atomic mass is 35.5. The van der Waals surface area contributed by atoms with Gasteiger partial charge in [0.2, 0.25) is 5.91 Å². The molecule has 0 aliphatic rings. The second kappa shape index (κ2) is 8.79. The highest BCUT2D eigenvalue weighted by Gasteiger charge is 2.11. The molecule has 0 atom stereocenters. The van der Waals surface area contributed by atoms with Crippen molar-refractivity contribution in [2.75, 3.05) is 11.9 Å². The molecular weight excluding hydrogens is 382 g/mol. The van der Waals surface area contributed by atoms with Crippen LogP contribution in [0.1, 0.15) is 26.4 Å². The van der Waals surface area contributed by atoms with Gasteiger partial charge in [-0.1, -0.05) is 47.5 Å². The summed E-state index contributed by atoms with van der Waals surface area (Å²) in [5, 5.41) is 6.50. The number of carbonyl (C=O) groups excluding carboxylic acids is 2. The first-order valence-corrected chi connectivity index (χ1v) is 9.53. The minimum Gasteiger partial charge on any atom is -0.343 e. The fourth-order valence-corrected chi connectivity index (χ4v) is 3.46. The van der Waals surface area contributed by atoms with Crippen LogP contribution in [-0.2, 0) is 11.2 Å². The molecule has 2 amide bonds.